The van der Waals surface area contributed by atoms with Crippen molar-refractivity contribution in [3.8, 4) is 5.69 Å². The van der Waals surface area contributed by atoms with Crippen molar-refractivity contribution in [3.05, 3.63) is 85.2 Å². The summed E-state index contributed by atoms with van der Waals surface area (Å²) in [5.74, 6) is 0.802. The first-order chi connectivity index (χ1) is 18.6. The van der Waals surface area contributed by atoms with Crippen LogP contribution < -0.4 is 15.8 Å². The van der Waals surface area contributed by atoms with Crippen LogP contribution in [0.4, 0.5) is 5.95 Å². The molecule has 2 aromatic carbocycles. The van der Waals surface area contributed by atoms with Crippen molar-refractivity contribution in [1.29, 1.82) is 0 Å². The summed E-state index contributed by atoms with van der Waals surface area (Å²) in [7, 11) is 1.59. The minimum Gasteiger partial charge on any atom is -0.355 e. The molecule has 1 atom stereocenters. The molecule has 2 bridgehead atoms. The van der Waals surface area contributed by atoms with Crippen molar-refractivity contribution in [2.75, 3.05) is 18.5 Å². The van der Waals surface area contributed by atoms with Crippen LogP contribution in [-0.4, -0.2) is 51.4 Å². The number of nitrogens with one attached hydrogen (secondary N) is 1. The van der Waals surface area contributed by atoms with Gasteiger partial charge < -0.3 is 15.1 Å². The fourth-order valence-electron chi connectivity index (χ4n) is 6.37. The zero-order valence-electron chi connectivity index (χ0n) is 22.0. The van der Waals surface area contributed by atoms with Crippen molar-refractivity contribution in [2.24, 2.45) is 5.92 Å². The summed E-state index contributed by atoms with van der Waals surface area (Å²) < 4.78 is 1.68. The van der Waals surface area contributed by atoms with Gasteiger partial charge in [0, 0.05) is 41.9 Å². The molecule has 1 saturated carbocycles. The standard InChI is InChI=1S/C29H29Cl2N5O3/c1-16-10-21-24(15-34(16)26(38)19-6-9-22(30)23(31)11-19)33-28(35-14-17-12-29(35,2)13-17)36(27(21)39)20-7-4-18(5-8-20)25(37)32-3/h4-9,11,16-17H,10,12-15H2,1-3H3,(H,32,37)/t16-,17?,29?/m1/s1. The molecule has 3 aromatic rings. The summed E-state index contributed by atoms with van der Waals surface area (Å²) in [5.41, 5.74) is 2.65. The first-order valence-corrected chi connectivity index (χ1v) is 13.9. The van der Waals surface area contributed by atoms with Crippen LogP contribution in [0.5, 0.6) is 0 Å². The van der Waals surface area contributed by atoms with Gasteiger partial charge in [-0.1, -0.05) is 23.2 Å². The molecule has 1 N–H and O–H groups in total. The number of rotatable bonds is 4. The second-order valence-corrected chi connectivity index (χ2v) is 11.9. The lowest BCUT2D eigenvalue weighted by Crippen LogP contribution is -2.48. The molecule has 2 saturated heterocycles. The molecule has 3 aliphatic heterocycles. The summed E-state index contributed by atoms with van der Waals surface area (Å²) in [5, 5.41) is 3.33. The Kier molecular flexibility index (Phi) is 6.23. The molecule has 202 valence electrons. The molecule has 0 radical (unpaired) electrons. The normalized spacial score (nSPS) is 23.3. The van der Waals surface area contributed by atoms with Crippen LogP contribution in [0.1, 0.15) is 58.7 Å². The molecule has 4 aliphatic rings. The van der Waals surface area contributed by atoms with Crippen molar-refractivity contribution in [2.45, 2.75) is 51.2 Å². The highest BCUT2D eigenvalue weighted by molar-refractivity contribution is 6.42. The van der Waals surface area contributed by atoms with E-state index in [1.54, 1.807) is 59.0 Å². The largest absolute Gasteiger partial charge is 0.355 e. The van der Waals surface area contributed by atoms with Gasteiger partial charge in [0.05, 0.1) is 28.0 Å². The van der Waals surface area contributed by atoms with Crippen molar-refractivity contribution in [1.82, 2.24) is 19.8 Å². The molecule has 4 heterocycles. The van der Waals surface area contributed by atoms with E-state index in [1.165, 1.54) is 0 Å². The van der Waals surface area contributed by atoms with Gasteiger partial charge in [-0.2, -0.15) is 0 Å². The summed E-state index contributed by atoms with van der Waals surface area (Å²) in [6, 6.07) is 11.6. The van der Waals surface area contributed by atoms with Crippen LogP contribution in [0.3, 0.4) is 0 Å². The van der Waals surface area contributed by atoms with E-state index in [9.17, 15) is 14.4 Å². The fourth-order valence-corrected chi connectivity index (χ4v) is 6.67. The molecule has 0 unspecified atom stereocenters. The monoisotopic (exact) mass is 565 g/mol. The molecule has 1 aliphatic carbocycles. The lowest BCUT2D eigenvalue weighted by Gasteiger charge is -2.40. The van der Waals surface area contributed by atoms with Crippen LogP contribution >= 0.6 is 23.2 Å². The number of nitrogens with zero attached hydrogens (tertiary/aromatic N) is 4. The average molecular weight is 566 g/mol. The number of amides is 2. The second-order valence-electron chi connectivity index (χ2n) is 11.1. The first-order valence-electron chi connectivity index (χ1n) is 13.1. The highest BCUT2D eigenvalue weighted by Crippen LogP contribution is 2.51. The Hall–Kier alpha value is -3.36. The number of hydrogen-bond acceptors (Lipinski definition) is 5. The number of anilines is 1. The number of carbonyl (C=O) groups is 2. The topological polar surface area (TPSA) is 87.5 Å². The van der Waals surface area contributed by atoms with Gasteiger partial charge in [0.2, 0.25) is 5.95 Å². The molecule has 2 amide bonds. The zero-order chi connectivity index (χ0) is 27.6. The second kappa shape index (κ2) is 9.38. The van der Waals surface area contributed by atoms with E-state index >= 15 is 0 Å². The quantitative estimate of drug-likeness (QED) is 0.504. The summed E-state index contributed by atoms with van der Waals surface area (Å²) >= 11 is 12.2. The minimum absolute atomic E-state index is 0.0559. The Labute approximate surface area is 236 Å². The van der Waals surface area contributed by atoms with Gasteiger partial charge in [-0.25, -0.2) is 9.55 Å². The van der Waals surface area contributed by atoms with Crippen LogP contribution in [0.2, 0.25) is 10.0 Å². The van der Waals surface area contributed by atoms with Crippen LogP contribution in [0.15, 0.2) is 47.3 Å². The molecule has 3 fully saturated rings. The Bertz CT molecular complexity index is 1560. The van der Waals surface area contributed by atoms with Gasteiger partial charge in [0.25, 0.3) is 17.4 Å². The van der Waals surface area contributed by atoms with E-state index in [2.05, 4.69) is 17.1 Å². The number of aromatic nitrogens is 2. The number of fused-ring (bicyclic) bond motifs is 2. The number of halogens is 2. The molecule has 7 rings (SSSR count). The maximum Gasteiger partial charge on any atom is 0.263 e. The van der Waals surface area contributed by atoms with Crippen LogP contribution in [0.25, 0.3) is 5.69 Å². The smallest absolute Gasteiger partial charge is 0.263 e. The van der Waals surface area contributed by atoms with Crippen molar-refractivity contribution < 1.29 is 9.59 Å². The Morgan fingerprint density at radius 3 is 2.36 bits per heavy atom. The van der Waals surface area contributed by atoms with Crippen molar-refractivity contribution >= 4 is 41.0 Å². The number of carbonyl (C=O) groups excluding carboxylic acids is 2. The molecule has 8 nitrogen and oxygen atoms in total. The van der Waals surface area contributed by atoms with E-state index in [0.29, 0.717) is 56.4 Å². The van der Waals surface area contributed by atoms with E-state index in [0.717, 1.165) is 19.4 Å². The van der Waals surface area contributed by atoms with E-state index in [-0.39, 0.29) is 35.5 Å². The molecular formula is C29H29Cl2N5O3. The highest BCUT2D eigenvalue weighted by atomic mass is 35.5. The summed E-state index contributed by atoms with van der Waals surface area (Å²) in [6.45, 7) is 5.20. The third-order valence-corrected chi connectivity index (χ3v) is 9.17. The maximum absolute atomic E-state index is 14.1. The van der Waals surface area contributed by atoms with Gasteiger partial charge in [0.1, 0.15) is 0 Å². The summed E-state index contributed by atoms with van der Waals surface area (Å²) in [6.07, 6.45) is 2.51. The Morgan fingerprint density at radius 1 is 1.05 bits per heavy atom. The lowest BCUT2D eigenvalue weighted by atomic mass is 9.75. The number of hydrogen-bond donors (Lipinski definition) is 1. The van der Waals surface area contributed by atoms with Gasteiger partial charge in [-0.15, -0.1) is 0 Å². The molecule has 10 heteroatoms. The van der Waals surface area contributed by atoms with Gasteiger partial charge in [-0.05, 0) is 81.5 Å². The predicted molar refractivity (Wildman–Crippen MR) is 151 cm³/mol. The number of benzene rings is 2. The maximum atomic E-state index is 14.1. The minimum atomic E-state index is -0.221. The van der Waals surface area contributed by atoms with Crippen molar-refractivity contribution in [3.63, 3.8) is 0 Å². The van der Waals surface area contributed by atoms with Gasteiger partial charge >= 0.3 is 0 Å². The highest BCUT2D eigenvalue weighted by Gasteiger charge is 2.54. The van der Waals surface area contributed by atoms with Gasteiger partial charge in [-0.3, -0.25) is 14.4 Å². The predicted octanol–water partition coefficient (Wildman–Crippen LogP) is 4.47. The van der Waals surface area contributed by atoms with Crippen LogP contribution in [0, 0.1) is 5.92 Å². The lowest BCUT2D eigenvalue weighted by molar-refractivity contribution is 0.0653. The van der Waals surface area contributed by atoms with Gasteiger partial charge in [0.15, 0.2) is 0 Å². The van der Waals surface area contributed by atoms with E-state index in [4.69, 9.17) is 28.2 Å². The Balaban J connectivity index is 1.44. The zero-order valence-corrected chi connectivity index (χ0v) is 23.5. The molecular weight excluding hydrogens is 537 g/mol. The first kappa shape index (κ1) is 25.9. The fraction of sp³-hybridized carbons (Fsp3) is 0.379. The third kappa shape index (κ3) is 4.21. The molecule has 0 spiro atoms. The van der Waals surface area contributed by atoms with E-state index < -0.39 is 0 Å². The van der Waals surface area contributed by atoms with E-state index in [1.807, 2.05) is 6.92 Å². The summed E-state index contributed by atoms with van der Waals surface area (Å²) in [4.78, 5) is 48.8. The third-order valence-electron chi connectivity index (χ3n) is 8.43. The Morgan fingerprint density at radius 2 is 1.74 bits per heavy atom. The molecule has 39 heavy (non-hydrogen) atoms. The molecule has 1 aromatic heterocycles. The average Bonchev–Trinajstić information content (AvgIpc) is 3.42. The van der Waals surface area contributed by atoms with Crippen LogP contribution in [-0.2, 0) is 13.0 Å². The SMILES string of the molecule is CNC(=O)c1ccc(-n2c(N3CC4CC3(C)C4)nc3c(c2=O)C[C@@H](C)N(C(=O)c2ccc(Cl)c(Cl)c2)C3)cc1.